The fourth-order valence-electron chi connectivity index (χ4n) is 1.89. The molecule has 0 aliphatic heterocycles. The van der Waals surface area contributed by atoms with Gasteiger partial charge in [0.25, 0.3) is 0 Å². The van der Waals surface area contributed by atoms with E-state index in [4.69, 9.17) is 16.2 Å². The molecule has 0 unspecified atom stereocenters. The van der Waals surface area contributed by atoms with Crippen molar-refractivity contribution in [2.45, 2.75) is 38.1 Å². The minimum Gasteiger partial charge on any atom is -0.494 e. The van der Waals surface area contributed by atoms with Crippen LogP contribution in [0.25, 0.3) is 0 Å². The van der Waals surface area contributed by atoms with Gasteiger partial charge in [-0.1, -0.05) is 0 Å². The number of aryl methyl sites for hydroxylation is 1. The molecule has 0 bridgehead atoms. The zero-order chi connectivity index (χ0) is 11.6. The topological polar surface area (TPSA) is 61.3 Å². The second-order valence-corrected chi connectivity index (χ2v) is 4.66. The molecule has 1 fully saturated rings. The van der Waals surface area contributed by atoms with Crippen LogP contribution in [0.5, 0.6) is 5.75 Å². The van der Waals surface area contributed by atoms with Crippen molar-refractivity contribution >= 4 is 5.69 Å². The Bertz CT molecular complexity index is 372. The lowest BCUT2D eigenvalue weighted by Crippen LogP contribution is -2.22. The van der Waals surface area contributed by atoms with Gasteiger partial charge in [-0.3, -0.25) is 0 Å². The molecular formula is C13H20N2O. The molecule has 3 nitrogen and oxygen atoms in total. The van der Waals surface area contributed by atoms with Gasteiger partial charge in [-0.05, 0) is 56.4 Å². The van der Waals surface area contributed by atoms with Crippen molar-refractivity contribution in [2.24, 2.45) is 5.73 Å². The first-order chi connectivity index (χ1) is 7.63. The Hall–Kier alpha value is -1.22. The van der Waals surface area contributed by atoms with Gasteiger partial charge in [0.15, 0.2) is 0 Å². The molecule has 1 aliphatic rings. The van der Waals surface area contributed by atoms with E-state index in [2.05, 4.69) is 0 Å². The Balaban J connectivity index is 2.07. The number of hydrogen-bond donors (Lipinski definition) is 2. The van der Waals surface area contributed by atoms with Gasteiger partial charge in [0.1, 0.15) is 5.75 Å². The highest BCUT2D eigenvalue weighted by Gasteiger charge is 2.37. The molecule has 88 valence electrons. The molecule has 16 heavy (non-hydrogen) atoms. The van der Waals surface area contributed by atoms with Crippen molar-refractivity contribution in [1.82, 2.24) is 0 Å². The molecule has 1 aromatic carbocycles. The number of ether oxygens (including phenoxy) is 1. The monoisotopic (exact) mass is 220 g/mol. The second kappa shape index (κ2) is 4.34. The van der Waals surface area contributed by atoms with E-state index in [1.165, 1.54) is 5.56 Å². The van der Waals surface area contributed by atoms with Crippen LogP contribution in [0.3, 0.4) is 0 Å². The molecule has 1 aliphatic carbocycles. The van der Waals surface area contributed by atoms with Crippen LogP contribution in [0.15, 0.2) is 18.2 Å². The lowest BCUT2D eigenvalue weighted by atomic mass is 10.0. The van der Waals surface area contributed by atoms with Crippen LogP contribution in [0.4, 0.5) is 5.69 Å². The molecular weight excluding hydrogens is 200 g/mol. The molecule has 0 amide bonds. The SMILES string of the molecule is CCOc1ccc(N)cc1CCC1(N)CC1. The van der Waals surface area contributed by atoms with Crippen molar-refractivity contribution in [1.29, 1.82) is 0 Å². The van der Waals surface area contributed by atoms with Crippen LogP contribution < -0.4 is 16.2 Å². The predicted octanol–water partition coefficient (Wildman–Crippen LogP) is 2.09. The van der Waals surface area contributed by atoms with Crippen molar-refractivity contribution in [3.05, 3.63) is 23.8 Å². The van der Waals surface area contributed by atoms with E-state index in [-0.39, 0.29) is 5.54 Å². The molecule has 1 saturated carbocycles. The molecule has 4 N–H and O–H groups in total. The van der Waals surface area contributed by atoms with Crippen LogP contribution in [-0.2, 0) is 6.42 Å². The summed E-state index contributed by atoms with van der Waals surface area (Å²) in [5.74, 6) is 0.945. The van der Waals surface area contributed by atoms with Gasteiger partial charge in [0, 0.05) is 11.2 Å². The Labute approximate surface area is 96.8 Å². The van der Waals surface area contributed by atoms with Crippen molar-refractivity contribution in [3.63, 3.8) is 0 Å². The maximum atomic E-state index is 6.08. The van der Waals surface area contributed by atoms with E-state index in [1.807, 2.05) is 25.1 Å². The van der Waals surface area contributed by atoms with Gasteiger partial charge in [-0.2, -0.15) is 0 Å². The number of benzene rings is 1. The normalized spacial score (nSPS) is 17.1. The van der Waals surface area contributed by atoms with E-state index < -0.39 is 0 Å². The maximum Gasteiger partial charge on any atom is 0.122 e. The summed E-state index contributed by atoms with van der Waals surface area (Å²) < 4.78 is 5.58. The highest BCUT2D eigenvalue weighted by molar-refractivity contribution is 5.48. The largest absolute Gasteiger partial charge is 0.494 e. The molecule has 2 rings (SSSR count). The molecule has 0 heterocycles. The lowest BCUT2D eigenvalue weighted by Gasteiger charge is -2.13. The third-order valence-corrected chi connectivity index (χ3v) is 3.17. The molecule has 0 saturated heterocycles. The highest BCUT2D eigenvalue weighted by Crippen LogP contribution is 2.37. The third kappa shape index (κ3) is 2.67. The minimum absolute atomic E-state index is 0.0914. The Morgan fingerprint density at radius 1 is 1.38 bits per heavy atom. The van der Waals surface area contributed by atoms with Gasteiger partial charge in [0.05, 0.1) is 6.61 Å². The molecule has 0 atom stereocenters. The van der Waals surface area contributed by atoms with Crippen molar-refractivity contribution < 1.29 is 4.74 Å². The summed E-state index contributed by atoms with van der Waals surface area (Å²) in [7, 11) is 0. The zero-order valence-electron chi connectivity index (χ0n) is 9.83. The number of nitrogen functional groups attached to an aromatic ring is 1. The number of nitrogens with two attached hydrogens (primary N) is 2. The molecule has 1 aromatic rings. The van der Waals surface area contributed by atoms with Gasteiger partial charge in [-0.25, -0.2) is 0 Å². The third-order valence-electron chi connectivity index (χ3n) is 3.17. The number of rotatable bonds is 5. The second-order valence-electron chi connectivity index (χ2n) is 4.66. The van der Waals surface area contributed by atoms with Gasteiger partial charge < -0.3 is 16.2 Å². The summed E-state index contributed by atoms with van der Waals surface area (Å²) in [6.07, 6.45) is 4.28. The first kappa shape index (κ1) is 11.3. The number of hydrogen-bond acceptors (Lipinski definition) is 3. The Kier molecular flexibility index (Phi) is 3.06. The van der Waals surface area contributed by atoms with Crippen LogP contribution in [0.1, 0.15) is 31.7 Å². The summed E-state index contributed by atoms with van der Waals surface area (Å²) in [4.78, 5) is 0. The van der Waals surface area contributed by atoms with Crippen molar-refractivity contribution in [2.75, 3.05) is 12.3 Å². The van der Waals surface area contributed by atoms with Gasteiger partial charge >= 0.3 is 0 Å². The summed E-state index contributed by atoms with van der Waals surface area (Å²) in [5.41, 5.74) is 13.9. The first-order valence-electron chi connectivity index (χ1n) is 5.93. The minimum atomic E-state index is 0.0914. The average molecular weight is 220 g/mol. The van der Waals surface area contributed by atoms with Crippen LogP contribution in [0, 0.1) is 0 Å². The smallest absolute Gasteiger partial charge is 0.122 e. The van der Waals surface area contributed by atoms with Crippen LogP contribution in [0.2, 0.25) is 0 Å². The summed E-state index contributed by atoms with van der Waals surface area (Å²) >= 11 is 0. The van der Waals surface area contributed by atoms with E-state index in [1.54, 1.807) is 0 Å². The molecule has 0 spiro atoms. The van der Waals surface area contributed by atoms with E-state index >= 15 is 0 Å². The van der Waals surface area contributed by atoms with Crippen LogP contribution >= 0.6 is 0 Å². The quantitative estimate of drug-likeness (QED) is 0.747. The van der Waals surface area contributed by atoms with Crippen LogP contribution in [-0.4, -0.2) is 12.1 Å². The number of anilines is 1. The summed E-state index contributed by atoms with van der Waals surface area (Å²) in [6, 6.07) is 5.82. The zero-order valence-corrected chi connectivity index (χ0v) is 9.83. The molecule has 0 aromatic heterocycles. The lowest BCUT2D eigenvalue weighted by molar-refractivity contribution is 0.336. The Morgan fingerprint density at radius 3 is 2.75 bits per heavy atom. The van der Waals surface area contributed by atoms with E-state index in [0.29, 0.717) is 6.61 Å². The van der Waals surface area contributed by atoms with Gasteiger partial charge in [0.2, 0.25) is 0 Å². The van der Waals surface area contributed by atoms with E-state index in [0.717, 1.165) is 37.1 Å². The molecule has 0 radical (unpaired) electrons. The van der Waals surface area contributed by atoms with Gasteiger partial charge in [-0.15, -0.1) is 0 Å². The standard InChI is InChI=1S/C13H20N2O/c1-2-16-12-4-3-11(14)9-10(12)5-6-13(15)7-8-13/h3-4,9H,2,5-8,14-15H2,1H3. The summed E-state index contributed by atoms with van der Waals surface area (Å²) in [6.45, 7) is 2.68. The summed E-state index contributed by atoms with van der Waals surface area (Å²) in [5, 5.41) is 0. The fraction of sp³-hybridized carbons (Fsp3) is 0.538. The molecule has 3 heteroatoms. The highest BCUT2D eigenvalue weighted by atomic mass is 16.5. The van der Waals surface area contributed by atoms with Crippen molar-refractivity contribution in [3.8, 4) is 5.75 Å². The predicted molar refractivity (Wildman–Crippen MR) is 66.5 cm³/mol. The average Bonchev–Trinajstić information content (AvgIpc) is 2.98. The Morgan fingerprint density at radius 2 is 2.12 bits per heavy atom. The van der Waals surface area contributed by atoms with E-state index in [9.17, 15) is 0 Å². The first-order valence-corrected chi connectivity index (χ1v) is 5.93. The fourth-order valence-corrected chi connectivity index (χ4v) is 1.89. The maximum absolute atomic E-state index is 6.08.